The highest BCUT2D eigenvalue weighted by atomic mass is 16.6. The number of nitrogens with one attached hydrogen (secondary N) is 1. The van der Waals surface area contributed by atoms with E-state index in [0.717, 1.165) is 5.56 Å². The fraction of sp³-hybridized carbons (Fsp3) is 0.519. The number of carbonyl (C=O) groups is 3. The Labute approximate surface area is 231 Å². The van der Waals surface area contributed by atoms with E-state index in [2.05, 4.69) is 15.3 Å². The molecule has 2 fully saturated rings. The third kappa shape index (κ3) is 6.82. The van der Waals surface area contributed by atoms with Crippen LogP contribution in [0.5, 0.6) is 0 Å². The number of aliphatic carboxylic acids is 1. The van der Waals surface area contributed by atoms with Crippen molar-refractivity contribution in [2.75, 3.05) is 42.6 Å². The summed E-state index contributed by atoms with van der Waals surface area (Å²) in [6.07, 6.45) is 3.29. The van der Waals surface area contributed by atoms with Crippen LogP contribution in [-0.2, 0) is 25.5 Å². The summed E-state index contributed by atoms with van der Waals surface area (Å²) in [7, 11) is 0. The zero-order valence-corrected chi connectivity index (χ0v) is 22.4. The monoisotopic (exact) mass is 554 g/mol. The lowest BCUT2D eigenvalue weighted by molar-refractivity contribution is -0.383. The van der Waals surface area contributed by atoms with Gasteiger partial charge in [0.2, 0.25) is 17.5 Å². The lowest BCUT2D eigenvalue weighted by Gasteiger charge is -2.34. The number of nitro groups is 1. The van der Waals surface area contributed by atoms with Crippen molar-refractivity contribution in [1.82, 2.24) is 15.3 Å². The summed E-state index contributed by atoms with van der Waals surface area (Å²) in [4.78, 5) is 60.5. The first-order valence-electron chi connectivity index (χ1n) is 13.5. The fourth-order valence-corrected chi connectivity index (χ4v) is 5.27. The number of hydrogen-bond acceptors (Lipinski definition) is 10. The Balaban J connectivity index is 1.39. The molecule has 0 saturated carbocycles. The first kappa shape index (κ1) is 28.7. The number of esters is 1. The van der Waals surface area contributed by atoms with Gasteiger partial charge in [-0.25, -0.2) is 14.8 Å². The summed E-state index contributed by atoms with van der Waals surface area (Å²) in [6, 6.07) is 8.04. The highest BCUT2D eigenvalue weighted by molar-refractivity contribution is 5.85. The first-order chi connectivity index (χ1) is 19.3. The van der Waals surface area contributed by atoms with Gasteiger partial charge in [-0.05, 0) is 38.2 Å². The van der Waals surface area contributed by atoms with Gasteiger partial charge in [-0.15, -0.1) is 0 Å². The molecule has 1 aromatic heterocycles. The van der Waals surface area contributed by atoms with Crippen molar-refractivity contribution in [3.8, 4) is 0 Å². The molecule has 13 nitrogen and oxygen atoms in total. The number of carboxylic acids is 1. The molecule has 0 aliphatic carbocycles. The minimum absolute atomic E-state index is 0.174. The first-order valence-corrected chi connectivity index (χ1v) is 13.5. The van der Waals surface area contributed by atoms with Gasteiger partial charge < -0.3 is 25.0 Å². The molecule has 2 saturated heterocycles. The van der Waals surface area contributed by atoms with Crippen LogP contribution >= 0.6 is 0 Å². The quantitative estimate of drug-likeness (QED) is 0.251. The molecule has 3 heterocycles. The van der Waals surface area contributed by atoms with E-state index in [4.69, 9.17) is 4.74 Å². The molecular formula is C27H34N6O7. The summed E-state index contributed by atoms with van der Waals surface area (Å²) >= 11 is 0. The summed E-state index contributed by atoms with van der Waals surface area (Å²) in [5, 5.41) is 24.5. The van der Waals surface area contributed by atoms with Crippen LogP contribution in [0.1, 0.15) is 38.2 Å². The largest absolute Gasteiger partial charge is 0.480 e. The maximum Gasteiger partial charge on any atom is 0.353 e. The van der Waals surface area contributed by atoms with Crippen LogP contribution in [0, 0.1) is 22.0 Å². The Bertz CT molecular complexity index is 1210. The molecule has 0 unspecified atom stereocenters. The Morgan fingerprint density at radius 2 is 1.57 bits per heavy atom. The number of carboxylic acid groups (broad SMARTS) is 1. The molecule has 1 amide bonds. The summed E-state index contributed by atoms with van der Waals surface area (Å²) < 4.78 is 5.11. The summed E-state index contributed by atoms with van der Waals surface area (Å²) in [5.41, 5.74) is 0.607. The minimum atomic E-state index is -1.11. The molecule has 0 bridgehead atoms. The van der Waals surface area contributed by atoms with Crippen molar-refractivity contribution in [3.63, 3.8) is 0 Å². The molecular weight excluding hydrogens is 520 g/mol. The average Bonchev–Trinajstić information content (AvgIpc) is 2.97. The zero-order chi connectivity index (χ0) is 28.6. The Kier molecular flexibility index (Phi) is 9.46. The van der Waals surface area contributed by atoms with Gasteiger partial charge >= 0.3 is 17.6 Å². The van der Waals surface area contributed by atoms with Crippen LogP contribution < -0.4 is 15.1 Å². The second-order valence-electron chi connectivity index (χ2n) is 9.99. The number of hydrogen-bond donors (Lipinski definition) is 2. The van der Waals surface area contributed by atoms with Crippen LogP contribution in [0.3, 0.4) is 0 Å². The SMILES string of the molecule is CCOC(=O)C1CCN(c2ncnc(N3CCC(C(=O)N[C@@H](Cc4ccccc4)C(=O)O)CC3)c2[N+](=O)[O-])CC1. The number of amides is 1. The van der Waals surface area contributed by atoms with E-state index in [-0.39, 0.29) is 41.5 Å². The van der Waals surface area contributed by atoms with E-state index in [1.165, 1.54) is 6.33 Å². The molecule has 2 aromatic rings. The molecule has 40 heavy (non-hydrogen) atoms. The third-order valence-electron chi connectivity index (χ3n) is 7.44. The smallest absolute Gasteiger partial charge is 0.353 e. The number of ether oxygens (including phenoxy) is 1. The highest BCUT2D eigenvalue weighted by Crippen LogP contribution is 2.37. The highest BCUT2D eigenvalue weighted by Gasteiger charge is 2.36. The molecule has 0 spiro atoms. The second kappa shape index (κ2) is 13.2. The van der Waals surface area contributed by atoms with Crippen molar-refractivity contribution in [1.29, 1.82) is 0 Å². The van der Waals surface area contributed by atoms with E-state index in [9.17, 15) is 29.6 Å². The van der Waals surface area contributed by atoms with Crippen LogP contribution in [0.2, 0.25) is 0 Å². The molecule has 1 atom stereocenters. The Morgan fingerprint density at radius 1 is 1.02 bits per heavy atom. The number of anilines is 2. The number of aromatic nitrogens is 2. The molecule has 2 aliphatic rings. The van der Waals surface area contributed by atoms with Crippen molar-refractivity contribution < 1.29 is 29.2 Å². The topological polar surface area (TPSA) is 168 Å². The molecule has 2 N–H and O–H groups in total. The van der Waals surface area contributed by atoms with Crippen molar-refractivity contribution in [2.24, 2.45) is 11.8 Å². The van der Waals surface area contributed by atoms with E-state index < -0.39 is 22.9 Å². The predicted molar refractivity (Wildman–Crippen MR) is 145 cm³/mol. The van der Waals surface area contributed by atoms with Crippen molar-refractivity contribution in [3.05, 3.63) is 52.3 Å². The maximum atomic E-state index is 12.9. The molecule has 1 aromatic carbocycles. The number of benzene rings is 1. The Hall–Kier alpha value is -4.29. The number of rotatable bonds is 10. The van der Waals surface area contributed by atoms with Crippen LogP contribution in [0.25, 0.3) is 0 Å². The van der Waals surface area contributed by atoms with Crippen LogP contribution in [-0.4, -0.2) is 76.7 Å². The average molecular weight is 555 g/mol. The summed E-state index contributed by atoms with van der Waals surface area (Å²) in [6.45, 7) is 3.61. The standard InChI is InChI=1S/C27H34N6O7/c1-2-40-27(37)20-10-14-32(15-11-20)24-22(33(38)39)23(28-17-29-24)31-12-8-19(9-13-31)25(34)30-21(26(35)36)16-18-6-4-3-5-7-18/h3-7,17,19-21H,2,8-16H2,1H3,(H,30,34)(H,35,36)/t21-/m0/s1. The van der Waals surface area contributed by atoms with E-state index in [1.807, 2.05) is 30.3 Å². The van der Waals surface area contributed by atoms with E-state index in [0.29, 0.717) is 58.5 Å². The summed E-state index contributed by atoms with van der Waals surface area (Å²) in [5.74, 6) is -1.96. The van der Waals surface area contributed by atoms with Gasteiger partial charge in [0.1, 0.15) is 12.4 Å². The van der Waals surface area contributed by atoms with Crippen molar-refractivity contribution >= 4 is 35.2 Å². The lowest BCUT2D eigenvalue weighted by atomic mass is 9.95. The molecule has 0 radical (unpaired) electrons. The minimum Gasteiger partial charge on any atom is -0.480 e. The van der Waals surface area contributed by atoms with E-state index >= 15 is 0 Å². The van der Waals surface area contributed by atoms with Gasteiger partial charge in [0, 0.05) is 38.5 Å². The fourth-order valence-electron chi connectivity index (χ4n) is 5.27. The van der Waals surface area contributed by atoms with Crippen LogP contribution in [0.4, 0.5) is 17.3 Å². The zero-order valence-electron chi connectivity index (χ0n) is 22.4. The predicted octanol–water partition coefficient (Wildman–Crippen LogP) is 2.19. The van der Waals surface area contributed by atoms with E-state index in [1.54, 1.807) is 16.7 Å². The molecule has 2 aliphatic heterocycles. The van der Waals surface area contributed by atoms with Gasteiger partial charge in [-0.3, -0.25) is 19.7 Å². The second-order valence-corrected chi connectivity index (χ2v) is 9.99. The van der Waals surface area contributed by atoms with Gasteiger partial charge in [0.25, 0.3) is 0 Å². The van der Waals surface area contributed by atoms with Gasteiger partial charge in [-0.1, -0.05) is 30.3 Å². The molecule has 13 heteroatoms. The molecule has 214 valence electrons. The van der Waals surface area contributed by atoms with Gasteiger partial charge in [0.15, 0.2) is 0 Å². The maximum absolute atomic E-state index is 12.9. The van der Waals surface area contributed by atoms with Crippen molar-refractivity contribution in [2.45, 2.75) is 45.1 Å². The number of piperidine rings is 2. The van der Waals surface area contributed by atoms with Gasteiger partial charge in [0.05, 0.1) is 17.4 Å². The number of carbonyl (C=O) groups excluding carboxylic acids is 2. The van der Waals surface area contributed by atoms with Gasteiger partial charge in [-0.2, -0.15) is 0 Å². The third-order valence-corrected chi connectivity index (χ3v) is 7.44. The lowest BCUT2D eigenvalue weighted by Crippen LogP contribution is -2.47. The van der Waals surface area contributed by atoms with Crippen LogP contribution in [0.15, 0.2) is 36.7 Å². The molecule has 4 rings (SSSR count). The normalized spacial score (nSPS) is 17.2. The number of nitrogens with zero attached hydrogens (tertiary/aromatic N) is 5. The Morgan fingerprint density at radius 3 is 2.08 bits per heavy atom.